The summed E-state index contributed by atoms with van der Waals surface area (Å²) in [7, 11) is 0. The van der Waals surface area contributed by atoms with Crippen molar-refractivity contribution in [3.8, 4) is 0 Å². The second-order valence-electron chi connectivity index (χ2n) is 1.97. The molecule has 0 saturated carbocycles. The molecular weight excluding hydrogens is 147 g/mol. The molecule has 0 bridgehead atoms. The summed E-state index contributed by atoms with van der Waals surface area (Å²) in [5.74, 6) is -0.966. The van der Waals surface area contributed by atoms with Crippen molar-refractivity contribution in [3.05, 3.63) is 24.3 Å². The first-order valence-corrected chi connectivity index (χ1v) is 3.00. The normalized spacial score (nSPS) is 9.27. The maximum atomic E-state index is 12.6. The third-order valence-corrected chi connectivity index (χ3v) is 1.03. The Labute approximate surface area is 63.3 Å². The minimum atomic E-state index is -0.650. The second kappa shape index (κ2) is 3.09. The number of halogens is 1. The number of anilines is 1. The summed E-state index contributed by atoms with van der Waals surface area (Å²) < 4.78 is 12.6. The lowest BCUT2D eigenvalue weighted by atomic mass is 10.4. The molecule has 0 aliphatic rings. The number of nitrogens with one attached hydrogen (secondary N) is 1. The zero-order valence-corrected chi connectivity index (χ0v) is 5.89. The summed E-state index contributed by atoms with van der Waals surface area (Å²) in [6.07, 6.45) is 3.43. The van der Waals surface area contributed by atoms with Crippen LogP contribution in [0.2, 0.25) is 0 Å². The first-order chi connectivity index (χ1) is 5.20. The molecule has 0 aliphatic heterocycles. The van der Waals surface area contributed by atoms with Gasteiger partial charge in [-0.05, 0) is 6.07 Å². The zero-order chi connectivity index (χ0) is 8.27. The molecule has 1 rings (SSSR count). The minimum absolute atomic E-state index is 0.104. The standard InChI is InChI=1S/C7H6FN2O/c1-5(11)10-7-2-3-9-4-6(7)8/h2-3H,1H3,(H,9,10,11). The summed E-state index contributed by atoms with van der Waals surface area (Å²) in [5.41, 5.74) is 0.104. The van der Waals surface area contributed by atoms with Gasteiger partial charge in [-0.1, -0.05) is 0 Å². The first-order valence-electron chi connectivity index (χ1n) is 3.00. The monoisotopic (exact) mass is 153 g/mol. The molecule has 1 radical (unpaired) electrons. The van der Waals surface area contributed by atoms with Crippen LogP contribution < -0.4 is 5.32 Å². The summed E-state index contributed by atoms with van der Waals surface area (Å²) in [6.45, 7) is 1.31. The number of amides is 1. The van der Waals surface area contributed by atoms with E-state index in [1.54, 1.807) is 0 Å². The lowest BCUT2D eigenvalue weighted by Crippen LogP contribution is -2.07. The van der Waals surface area contributed by atoms with Crippen LogP contribution in [0.1, 0.15) is 6.92 Å². The van der Waals surface area contributed by atoms with E-state index in [0.29, 0.717) is 0 Å². The average molecular weight is 153 g/mol. The molecule has 0 aromatic carbocycles. The maximum Gasteiger partial charge on any atom is 0.221 e. The summed E-state index contributed by atoms with van der Waals surface area (Å²) in [6, 6.07) is 1.37. The van der Waals surface area contributed by atoms with Crippen LogP contribution >= 0.6 is 0 Å². The number of rotatable bonds is 1. The highest BCUT2D eigenvalue weighted by Crippen LogP contribution is 2.09. The number of carbonyl (C=O) groups is 1. The summed E-state index contributed by atoms with van der Waals surface area (Å²) in [5, 5.41) is 2.29. The van der Waals surface area contributed by atoms with Crippen LogP contribution in [0.4, 0.5) is 10.1 Å². The van der Waals surface area contributed by atoms with E-state index in [-0.39, 0.29) is 11.6 Å². The van der Waals surface area contributed by atoms with Gasteiger partial charge in [-0.25, -0.2) is 4.39 Å². The number of hydrogen-bond acceptors (Lipinski definition) is 2. The fraction of sp³-hybridized carbons (Fsp3) is 0.143. The first kappa shape index (κ1) is 7.65. The van der Waals surface area contributed by atoms with Gasteiger partial charge in [0, 0.05) is 13.1 Å². The van der Waals surface area contributed by atoms with Gasteiger partial charge in [0.1, 0.15) is 6.20 Å². The maximum absolute atomic E-state index is 12.6. The van der Waals surface area contributed by atoms with E-state index >= 15 is 0 Å². The van der Waals surface area contributed by atoms with Crippen LogP contribution in [0.15, 0.2) is 12.3 Å². The van der Waals surface area contributed by atoms with E-state index in [1.165, 1.54) is 19.2 Å². The van der Waals surface area contributed by atoms with E-state index < -0.39 is 5.82 Å². The fourth-order valence-corrected chi connectivity index (χ4v) is 0.625. The van der Waals surface area contributed by atoms with Gasteiger partial charge < -0.3 is 5.32 Å². The molecule has 1 amide bonds. The predicted octanol–water partition coefficient (Wildman–Crippen LogP) is 0.979. The molecule has 57 valence electrons. The van der Waals surface area contributed by atoms with Crippen LogP contribution in [0.5, 0.6) is 0 Å². The molecular formula is C7H6FN2O. The lowest BCUT2D eigenvalue weighted by molar-refractivity contribution is -0.114. The summed E-state index contributed by atoms with van der Waals surface area (Å²) >= 11 is 0. The molecule has 1 aromatic rings. The SMILES string of the molecule is CC(=O)Nc1ccn[c]c1F. The van der Waals surface area contributed by atoms with E-state index in [9.17, 15) is 9.18 Å². The van der Waals surface area contributed by atoms with Crippen molar-refractivity contribution in [2.75, 3.05) is 5.32 Å². The number of nitrogens with zero attached hydrogens (tertiary/aromatic N) is 1. The molecule has 0 fully saturated rings. The molecule has 0 atom stereocenters. The highest BCUT2D eigenvalue weighted by Gasteiger charge is 2.01. The number of carbonyl (C=O) groups excluding carboxylic acids is 1. The van der Waals surface area contributed by atoms with E-state index in [4.69, 9.17) is 0 Å². The molecule has 1 heterocycles. The molecule has 0 spiro atoms. The van der Waals surface area contributed by atoms with E-state index in [2.05, 4.69) is 16.5 Å². The van der Waals surface area contributed by atoms with Crippen molar-refractivity contribution in [2.24, 2.45) is 0 Å². The minimum Gasteiger partial charge on any atom is -0.324 e. The van der Waals surface area contributed by atoms with Crippen LogP contribution in [0, 0.1) is 12.0 Å². The summed E-state index contributed by atoms with van der Waals surface area (Å²) in [4.78, 5) is 13.9. The van der Waals surface area contributed by atoms with Gasteiger partial charge in [-0.15, -0.1) is 0 Å². The zero-order valence-electron chi connectivity index (χ0n) is 5.89. The fourth-order valence-electron chi connectivity index (χ4n) is 0.625. The van der Waals surface area contributed by atoms with Gasteiger partial charge in [0.2, 0.25) is 5.91 Å². The van der Waals surface area contributed by atoms with Crippen molar-refractivity contribution in [1.29, 1.82) is 0 Å². The predicted molar refractivity (Wildman–Crippen MR) is 37.3 cm³/mol. The Morgan fingerprint density at radius 1 is 1.82 bits per heavy atom. The number of hydrogen-bond donors (Lipinski definition) is 1. The Balaban J connectivity index is 2.86. The van der Waals surface area contributed by atoms with Crippen LogP contribution in [0.3, 0.4) is 0 Å². The third kappa shape index (κ3) is 2.00. The molecule has 3 nitrogen and oxygen atoms in total. The Morgan fingerprint density at radius 3 is 3.09 bits per heavy atom. The topological polar surface area (TPSA) is 42.0 Å². The van der Waals surface area contributed by atoms with Gasteiger partial charge in [0.05, 0.1) is 5.69 Å². The Hall–Kier alpha value is -1.45. The molecule has 1 N–H and O–H groups in total. The molecule has 1 aromatic heterocycles. The average Bonchev–Trinajstić information content (AvgIpc) is 1.93. The van der Waals surface area contributed by atoms with Crippen LogP contribution in [0.25, 0.3) is 0 Å². The van der Waals surface area contributed by atoms with Crippen molar-refractivity contribution in [3.63, 3.8) is 0 Å². The van der Waals surface area contributed by atoms with E-state index in [0.717, 1.165) is 0 Å². The highest BCUT2D eigenvalue weighted by molar-refractivity contribution is 5.88. The lowest BCUT2D eigenvalue weighted by Gasteiger charge is -2.00. The van der Waals surface area contributed by atoms with Gasteiger partial charge in [0.25, 0.3) is 0 Å². The smallest absolute Gasteiger partial charge is 0.221 e. The van der Waals surface area contributed by atoms with Gasteiger partial charge in [0.15, 0.2) is 5.82 Å². The molecule has 0 aliphatic carbocycles. The van der Waals surface area contributed by atoms with Crippen LogP contribution in [-0.2, 0) is 4.79 Å². The Morgan fingerprint density at radius 2 is 2.55 bits per heavy atom. The van der Waals surface area contributed by atoms with E-state index in [1.807, 2.05) is 0 Å². The molecule has 0 unspecified atom stereocenters. The molecule has 0 saturated heterocycles. The van der Waals surface area contributed by atoms with Crippen molar-refractivity contribution in [1.82, 2.24) is 4.98 Å². The van der Waals surface area contributed by atoms with Crippen molar-refractivity contribution >= 4 is 11.6 Å². The highest BCUT2D eigenvalue weighted by atomic mass is 19.1. The van der Waals surface area contributed by atoms with Crippen molar-refractivity contribution < 1.29 is 9.18 Å². The largest absolute Gasteiger partial charge is 0.324 e. The second-order valence-corrected chi connectivity index (χ2v) is 1.97. The van der Waals surface area contributed by atoms with Gasteiger partial charge in [-0.2, -0.15) is 0 Å². The quantitative estimate of drug-likeness (QED) is 0.653. The third-order valence-electron chi connectivity index (χ3n) is 1.03. The Kier molecular flexibility index (Phi) is 2.15. The molecule has 11 heavy (non-hydrogen) atoms. The Bertz CT molecular complexity index is 275. The van der Waals surface area contributed by atoms with Gasteiger partial charge in [-0.3, -0.25) is 9.78 Å². The number of pyridine rings is 1. The number of aromatic nitrogens is 1. The van der Waals surface area contributed by atoms with Gasteiger partial charge >= 0.3 is 0 Å². The van der Waals surface area contributed by atoms with Crippen molar-refractivity contribution in [2.45, 2.75) is 6.92 Å². The molecule has 4 heteroatoms. The van der Waals surface area contributed by atoms with Crippen LogP contribution in [-0.4, -0.2) is 10.9 Å².